The molecule has 2 aromatic rings. The Morgan fingerprint density at radius 3 is 2.52 bits per heavy atom. The van der Waals surface area contributed by atoms with Crippen molar-refractivity contribution in [3.63, 3.8) is 0 Å². The third-order valence-electron chi connectivity index (χ3n) is 3.29. The van der Waals surface area contributed by atoms with Gasteiger partial charge in [-0.1, -0.05) is 0 Å². The lowest BCUT2D eigenvalue weighted by atomic mass is 10.1. The lowest BCUT2D eigenvalue weighted by Gasteiger charge is -2.19. The van der Waals surface area contributed by atoms with E-state index in [1.807, 2.05) is 6.92 Å². The summed E-state index contributed by atoms with van der Waals surface area (Å²) in [6.07, 6.45) is 3.38. The maximum absolute atomic E-state index is 12.6. The molecule has 1 aliphatic rings. The van der Waals surface area contributed by atoms with Crippen molar-refractivity contribution in [3.05, 3.63) is 35.7 Å². The summed E-state index contributed by atoms with van der Waals surface area (Å²) in [5.74, 6) is 1.41. The predicted octanol–water partition coefficient (Wildman–Crippen LogP) is 2.75. The number of rotatable bonds is 5. The molecule has 0 saturated heterocycles. The van der Waals surface area contributed by atoms with Gasteiger partial charge in [-0.2, -0.15) is 8.78 Å². The highest BCUT2D eigenvalue weighted by molar-refractivity contribution is 5.53. The number of hydrogen-bond donors (Lipinski definition) is 0. The maximum Gasteiger partial charge on any atom is 0.387 e. The summed E-state index contributed by atoms with van der Waals surface area (Å²) < 4.78 is 40.3. The van der Waals surface area contributed by atoms with Gasteiger partial charge in [0.15, 0.2) is 11.5 Å². The number of anilines is 1. The van der Waals surface area contributed by atoms with Crippen LogP contribution in [0.2, 0.25) is 0 Å². The molecule has 0 spiro atoms. The maximum atomic E-state index is 12.6. The Hall–Kier alpha value is -2.64. The second-order valence-electron chi connectivity index (χ2n) is 5.11. The summed E-state index contributed by atoms with van der Waals surface area (Å²) in [6, 6.07) is 3.04. The zero-order valence-corrected chi connectivity index (χ0v) is 12.6. The van der Waals surface area contributed by atoms with Crippen molar-refractivity contribution in [2.24, 2.45) is 0 Å². The molecule has 8 heteroatoms. The molecular weight excluding hydrogens is 308 g/mol. The van der Waals surface area contributed by atoms with Gasteiger partial charge in [0.2, 0.25) is 12.7 Å². The summed E-state index contributed by atoms with van der Waals surface area (Å²) in [5, 5.41) is 0. The van der Waals surface area contributed by atoms with Crippen molar-refractivity contribution in [1.29, 1.82) is 0 Å². The zero-order chi connectivity index (χ0) is 16.4. The van der Waals surface area contributed by atoms with Crippen LogP contribution in [-0.2, 0) is 6.54 Å². The van der Waals surface area contributed by atoms with Crippen molar-refractivity contribution in [3.8, 4) is 17.2 Å². The third kappa shape index (κ3) is 3.41. The molecule has 0 N–H and O–H groups in total. The fraction of sp³-hybridized carbons (Fsp3) is 0.333. The molecule has 0 atom stereocenters. The van der Waals surface area contributed by atoms with Gasteiger partial charge in [0, 0.05) is 37.6 Å². The van der Waals surface area contributed by atoms with Crippen LogP contribution in [0.1, 0.15) is 11.1 Å². The number of fused-ring (bicyclic) bond motifs is 1. The van der Waals surface area contributed by atoms with Crippen LogP contribution in [0.15, 0.2) is 24.5 Å². The number of halogens is 2. The minimum Gasteiger partial charge on any atom is -0.454 e. The van der Waals surface area contributed by atoms with Crippen molar-refractivity contribution in [1.82, 2.24) is 9.97 Å². The third-order valence-corrected chi connectivity index (χ3v) is 3.29. The lowest BCUT2D eigenvalue weighted by molar-refractivity contribution is -0.0505. The standard InChI is InChI=1S/C15H15F2N3O3/c1-9-5-18-15(19-6-9)20(2)7-10-3-12-13(22-8-21-12)4-11(10)23-14(16)17/h3-6,14H,7-8H2,1-2H3. The van der Waals surface area contributed by atoms with Gasteiger partial charge >= 0.3 is 6.61 Å². The van der Waals surface area contributed by atoms with Crippen LogP contribution in [0.5, 0.6) is 17.2 Å². The van der Waals surface area contributed by atoms with Crippen LogP contribution in [0.4, 0.5) is 14.7 Å². The normalized spacial score (nSPS) is 12.6. The van der Waals surface area contributed by atoms with Crippen LogP contribution < -0.4 is 19.1 Å². The van der Waals surface area contributed by atoms with Gasteiger partial charge in [-0.3, -0.25) is 0 Å². The van der Waals surface area contributed by atoms with E-state index in [-0.39, 0.29) is 19.1 Å². The number of alkyl halides is 2. The topological polar surface area (TPSA) is 56.7 Å². The molecule has 2 heterocycles. The van der Waals surface area contributed by atoms with E-state index in [2.05, 4.69) is 14.7 Å². The van der Waals surface area contributed by atoms with E-state index >= 15 is 0 Å². The van der Waals surface area contributed by atoms with Crippen LogP contribution in [0.25, 0.3) is 0 Å². The van der Waals surface area contributed by atoms with Crippen molar-refractivity contribution >= 4 is 5.95 Å². The van der Waals surface area contributed by atoms with E-state index < -0.39 is 6.61 Å². The predicted molar refractivity (Wildman–Crippen MR) is 78.1 cm³/mol. The Kier molecular flexibility index (Phi) is 4.14. The molecule has 0 amide bonds. The van der Waals surface area contributed by atoms with E-state index in [9.17, 15) is 8.78 Å². The molecule has 6 nitrogen and oxygen atoms in total. The molecule has 1 aromatic heterocycles. The van der Waals surface area contributed by atoms with E-state index in [0.717, 1.165) is 5.56 Å². The highest BCUT2D eigenvalue weighted by Crippen LogP contribution is 2.39. The molecule has 0 radical (unpaired) electrons. The number of aromatic nitrogens is 2. The average molecular weight is 323 g/mol. The average Bonchev–Trinajstić information content (AvgIpc) is 2.94. The molecule has 23 heavy (non-hydrogen) atoms. The molecule has 122 valence electrons. The van der Waals surface area contributed by atoms with Gasteiger partial charge in [-0.15, -0.1) is 0 Å². The quantitative estimate of drug-likeness (QED) is 0.843. The molecule has 1 aromatic carbocycles. The van der Waals surface area contributed by atoms with Gasteiger partial charge in [-0.25, -0.2) is 9.97 Å². The molecule has 1 aliphatic heterocycles. The fourth-order valence-electron chi connectivity index (χ4n) is 2.20. The Balaban J connectivity index is 1.87. The molecule has 0 bridgehead atoms. The van der Waals surface area contributed by atoms with E-state index in [0.29, 0.717) is 23.0 Å². The second kappa shape index (κ2) is 6.23. The Morgan fingerprint density at radius 2 is 1.87 bits per heavy atom. The van der Waals surface area contributed by atoms with E-state index in [4.69, 9.17) is 9.47 Å². The number of nitrogens with zero attached hydrogens (tertiary/aromatic N) is 3. The highest BCUT2D eigenvalue weighted by atomic mass is 19.3. The smallest absolute Gasteiger partial charge is 0.387 e. The summed E-state index contributed by atoms with van der Waals surface area (Å²) in [4.78, 5) is 10.1. The highest BCUT2D eigenvalue weighted by Gasteiger charge is 2.21. The largest absolute Gasteiger partial charge is 0.454 e. The van der Waals surface area contributed by atoms with Gasteiger partial charge in [0.25, 0.3) is 0 Å². The minimum absolute atomic E-state index is 0.0446. The Morgan fingerprint density at radius 1 is 1.22 bits per heavy atom. The summed E-state index contributed by atoms with van der Waals surface area (Å²) in [5.41, 5.74) is 1.47. The molecule has 3 rings (SSSR count). The lowest BCUT2D eigenvalue weighted by Crippen LogP contribution is -2.20. The van der Waals surface area contributed by atoms with Crippen molar-refractivity contribution < 1.29 is 23.0 Å². The van der Waals surface area contributed by atoms with Crippen LogP contribution in [-0.4, -0.2) is 30.4 Å². The van der Waals surface area contributed by atoms with Gasteiger partial charge in [0.05, 0.1) is 0 Å². The molecule has 0 fully saturated rings. The van der Waals surface area contributed by atoms with E-state index in [1.165, 1.54) is 6.07 Å². The molecule has 0 unspecified atom stereocenters. The summed E-state index contributed by atoms with van der Waals surface area (Å²) in [7, 11) is 1.77. The second-order valence-corrected chi connectivity index (χ2v) is 5.11. The first kappa shape index (κ1) is 15.3. The van der Waals surface area contributed by atoms with Crippen LogP contribution >= 0.6 is 0 Å². The Labute approximate surface area is 131 Å². The summed E-state index contributed by atoms with van der Waals surface area (Å²) in [6.45, 7) is -0.697. The molecule has 0 aliphatic carbocycles. The minimum atomic E-state index is -2.92. The number of ether oxygens (including phenoxy) is 3. The number of aryl methyl sites for hydroxylation is 1. The summed E-state index contributed by atoms with van der Waals surface area (Å²) >= 11 is 0. The first-order valence-electron chi connectivity index (χ1n) is 6.90. The monoisotopic (exact) mass is 323 g/mol. The van der Waals surface area contributed by atoms with E-state index in [1.54, 1.807) is 30.4 Å². The zero-order valence-electron chi connectivity index (χ0n) is 12.6. The van der Waals surface area contributed by atoms with Crippen LogP contribution in [0.3, 0.4) is 0 Å². The first-order chi connectivity index (χ1) is 11.0. The fourth-order valence-corrected chi connectivity index (χ4v) is 2.20. The van der Waals surface area contributed by atoms with Crippen LogP contribution in [0, 0.1) is 6.92 Å². The van der Waals surface area contributed by atoms with Crippen molar-refractivity contribution in [2.45, 2.75) is 20.1 Å². The van der Waals surface area contributed by atoms with Gasteiger partial charge in [0.1, 0.15) is 5.75 Å². The first-order valence-corrected chi connectivity index (χ1v) is 6.90. The van der Waals surface area contributed by atoms with Gasteiger partial charge in [-0.05, 0) is 18.6 Å². The molecular formula is C15H15F2N3O3. The number of benzene rings is 1. The SMILES string of the molecule is Cc1cnc(N(C)Cc2cc3c(cc2OC(F)F)OCO3)nc1. The van der Waals surface area contributed by atoms with Gasteiger partial charge < -0.3 is 19.1 Å². The number of hydrogen-bond acceptors (Lipinski definition) is 6. The van der Waals surface area contributed by atoms with Crippen molar-refractivity contribution in [2.75, 3.05) is 18.7 Å². The Bertz CT molecular complexity index is 695. The molecule has 0 saturated carbocycles.